The van der Waals surface area contributed by atoms with Crippen molar-refractivity contribution >= 4 is 45.7 Å². The zero-order valence-electron chi connectivity index (χ0n) is 15.0. The lowest BCUT2D eigenvalue weighted by molar-refractivity contribution is -0.115. The number of benzene rings is 3. The van der Waals surface area contributed by atoms with E-state index in [0.717, 1.165) is 34.2 Å². The Labute approximate surface area is 168 Å². The van der Waals surface area contributed by atoms with Crippen LogP contribution in [0.5, 0.6) is 5.75 Å². The molecule has 0 N–H and O–H groups in total. The predicted molar refractivity (Wildman–Crippen MR) is 114 cm³/mol. The molecule has 1 heterocycles. The molecule has 3 aromatic rings. The topological polar surface area (TPSA) is 29.5 Å². The lowest BCUT2D eigenvalue weighted by Gasteiger charge is -2.27. The normalized spacial score (nSPS) is 16.9. The number of thioether (sulfide) groups is 1. The molecule has 0 unspecified atom stereocenters. The number of fused-ring (bicyclic) bond motifs is 1. The molecule has 1 aliphatic rings. The Balaban J connectivity index is 1.86. The highest BCUT2D eigenvalue weighted by Crippen LogP contribution is 2.47. The van der Waals surface area contributed by atoms with Gasteiger partial charge in [-0.15, -0.1) is 11.8 Å². The number of carbonyl (C=O) groups excluding carboxylic acids is 1. The van der Waals surface area contributed by atoms with Gasteiger partial charge in [-0.2, -0.15) is 0 Å². The summed E-state index contributed by atoms with van der Waals surface area (Å²) in [5.41, 5.74) is 1.92. The molecule has 3 aromatic carbocycles. The van der Waals surface area contributed by atoms with Gasteiger partial charge in [-0.1, -0.05) is 48.9 Å². The van der Waals surface area contributed by atoms with Gasteiger partial charge in [0, 0.05) is 16.3 Å². The fourth-order valence-corrected chi connectivity index (χ4v) is 4.75. The Morgan fingerprint density at radius 3 is 2.67 bits per heavy atom. The van der Waals surface area contributed by atoms with Gasteiger partial charge in [0.25, 0.3) is 0 Å². The first kappa shape index (κ1) is 18.2. The quantitative estimate of drug-likeness (QED) is 0.524. The molecule has 27 heavy (non-hydrogen) atoms. The number of amides is 1. The number of ether oxygens (including phenoxy) is 1. The van der Waals surface area contributed by atoms with Gasteiger partial charge in [0.2, 0.25) is 5.91 Å². The third-order valence-electron chi connectivity index (χ3n) is 4.61. The molecule has 3 nitrogen and oxygen atoms in total. The number of rotatable bonds is 5. The number of nitrogens with zero attached hydrogens (tertiary/aromatic N) is 1. The molecule has 1 fully saturated rings. The summed E-state index contributed by atoms with van der Waals surface area (Å²) in [7, 11) is 0. The van der Waals surface area contributed by atoms with Crippen molar-refractivity contribution in [2.24, 2.45) is 0 Å². The van der Waals surface area contributed by atoms with E-state index in [1.165, 1.54) is 0 Å². The van der Waals surface area contributed by atoms with Crippen molar-refractivity contribution in [1.82, 2.24) is 0 Å². The van der Waals surface area contributed by atoms with E-state index in [-0.39, 0.29) is 11.3 Å². The van der Waals surface area contributed by atoms with E-state index in [4.69, 9.17) is 16.3 Å². The van der Waals surface area contributed by atoms with Crippen molar-refractivity contribution in [2.45, 2.75) is 18.7 Å². The van der Waals surface area contributed by atoms with Crippen molar-refractivity contribution in [1.29, 1.82) is 0 Å². The van der Waals surface area contributed by atoms with Crippen LogP contribution in [0.4, 0.5) is 5.69 Å². The summed E-state index contributed by atoms with van der Waals surface area (Å²) in [5, 5.41) is 2.80. The summed E-state index contributed by atoms with van der Waals surface area (Å²) in [6.45, 7) is 2.74. The molecular formula is C22H20ClNO2S. The van der Waals surface area contributed by atoms with Crippen LogP contribution in [-0.2, 0) is 4.79 Å². The molecule has 0 saturated carbocycles. The van der Waals surface area contributed by atoms with Crippen LogP contribution in [-0.4, -0.2) is 18.3 Å². The lowest BCUT2D eigenvalue weighted by Crippen LogP contribution is -2.28. The Morgan fingerprint density at radius 1 is 1.11 bits per heavy atom. The van der Waals surface area contributed by atoms with Crippen LogP contribution in [0.15, 0.2) is 60.7 Å². The maximum Gasteiger partial charge on any atom is 0.238 e. The molecule has 4 rings (SSSR count). The highest BCUT2D eigenvalue weighted by Gasteiger charge is 2.36. The second-order valence-corrected chi connectivity index (χ2v) is 7.96. The van der Waals surface area contributed by atoms with E-state index in [2.05, 4.69) is 25.1 Å². The monoisotopic (exact) mass is 397 g/mol. The van der Waals surface area contributed by atoms with Crippen LogP contribution in [0.2, 0.25) is 5.02 Å². The summed E-state index contributed by atoms with van der Waals surface area (Å²) in [6.07, 6.45) is 0.934. The molecule has 0 aromatic heterocycles. The van der Waals surface area contributed by atoms with Crippen LogP contribution in [0.3, 0.4) is 0 Å². The van der Waals surface area contributed by atoms with Gasteiger partial charge in [0.1, 0.15) is 11.1 Å². The zero-order valence-corrected chi connectivity index (χ0v) is 16.6. The SMILES string of the molecule is CCCOc1ccc2ccccc2c1[C@H]1SCC(=O)N1c1ccc(Cl)cc1. The minimum absolute atomic E-state index is 0.0988. The van der Waals surface area contributed by atoms with Gasteiger partial charge >= 0.3 is 0 Å². The summed E-state index contributed by atoms with van der Waals surface area (Å²) in [4.78, 5) is 14.6. The standard InChI is InChI=1S/C22H20ClNO2S/c1-2-13-26-19-12-7-15-5-3-4-6-18(15)21(19)22-24(20(25)14-27-22)17-10-8-16(23)9-11-17/h3-12,22H,2,13-14H2,1H3/t22-/m1/s1. The summed E-state index contributed by atoms with van der Waals surface area (Å²) < 4.78 is 6.07. The molecular weight excluding hydrogens is 378 g/mol. The number of hydrogen-bond acceptors (Lipinski definition) is 3. The highest BCUT2D eigenvalue weighted by atomic mass is 35.5. The van der Waals surface area contributed by atoms with Crippen molar-refractivity contribution < 1.29 is 9.53 Å². The van der Waals surface area contributed by atoms with Gasteiger partial charge in [-0.05, 0) is 47.5 Å². The Bertz CT molecular complexity index is 974. The first-order valence-corrected chi connectivity index (χ1v) is 10.5. The van der Waals surface area contributed by atoms with Crippen LogP contribution in [0.1, 0.15) is 24.3 Å². The average Bonchev–Trinajstić information content (AvgIpc) is 3.07. The van der Waals surface area contributed by atoms with Crippen LogP contribution >= 0.6 is 23.4 Å². The van der Waals surface area contributed by atoms with Gasteiger partial charge < -0.3 is 4.74 Å². The number of hydrogen-bond donors (Lipinski definition) is 0. The Hall–Kier alpha value is -2.17. The lowest BCUT2D eigenvalue weighted by atomic mass is 10.0. The van der Waals surface area contributed by atoms with Crippen molar-refractivity contribution in [3.8, 4) is 5.75 Å². The molecule has 138 valence electrons. The Morgan fingerprint density at radius 2 is 1.89 bits per heavy atom. The zero-order chi connectivity index (χ0) is 18.8. The van der Waals surface area contributed by atoms with E-state index in [0.29, 0.717) is 17.4 Å². The van der Waals surface area contributed by atoms with E-state index < -0.39 is 0 Å². The highest BCUT2D eigenvalue weighted by molar-refractivity contribution is 8.00. The van der Waals surface area contributed by atoms with Gasteiger partial charge in [-0.3, -0.25) is 9.69 Å². The number of halogens is 1. The molecule has 5 heteroatoms. The minimum atomic E-state index is -0.128. The first-order valence-electron chi connectivity index (χ1n) is 9.02. The first-order chi connectivity index (χ1) is 13.2. The van der Waals surface area contributed by atoms with Crippen LogP contribution < -0.4 is 9.64 Å². The molecule has 0 bridgehead atoms. The maximum absolute atomic E-state index is 12.7. The molecule has 1 amide bonds. The van der Waals surface area contributed by atoms with Crippen molar-refractivity contribution in [3.05, 3.63) is 71.2 Å². The smallest absolute Gasteiger partial charge is 0.238 e. The summed E-state index contributed by atoms with van der Waals surface area (Å²) >= 11 is 7.68. The predicted octanol–water partition coefficient (Wildman–Crippen LogP) is 6.06. The third-order valence-corrected chi connectivity index (χ3v) is 6.04. The van der Waals surface area contributed by atoms with Crippen molar-refractivity contribution in [3.63, 3.8) is 0 Å². The fourth-order valence-electron chi connectivity index (χ4n) is 3.39. The molecule has 0 aliphatic carbocycles. The summed E-state index contributed by atoms with van der Waals surface area (Å²) in [5.74, 6) is 1.40. The van der Waals surface area contributed by atoms with Gasteiger partial charge in [-0.25, -0.2) is 0 Å². The van der Waals surface area contributed by atoms with Crippen LogP contribution in [0, 0.1) is 0 Å². The van der Waals surface area contributed by atoms with E-state index in [1.54, 1.807) is 11.8 Å². The Kier molecular flexibility index (Phi) is 5.28. The number of anilines is 1. The number of carbonyl (C=O) groups is 1. The minimum Gasteiger partial charge on any atom is -0.493 e. The average molecular weight is 398 g/mol. The van der Waals surface area contributed by atoms with Gasteiger partial charge in [0.15, 0.2) is 0 Å². The van der Waals surface area contributed by atoms with Crippen LogP contribution in [0.25, 0.3) is 10.8 Å². The maximum atomic E-state index is 12.7. The summed E-state index contributed by atoms with van der Waals surface area (Å²) in [6, 6.07) is 19.8. The molecule has 1 saturated heterocycles. The largest absolute Gasteiger partial charge is 0.493 e. The molecule has 1 aliphatic heterocycles. The van der Waals surface area contributed by atoms with E-state index >= 15 is 0 Å². The molecule has 1 atom stereocenters. The second-order valence-electron chi connectivity index (χ2n) is 6.45. The van der Waals surface area contributed by atoms with Gasteiger partial charge in [0.05, 0.1) is 12.4 Å². The second kappa shape index (κ2) is 7.83. The van der Waals surface area contributed by atoms with E-state index in [9.17, 15) is 4.79 Å². The fraction of sp³-hybridized carbons (Fsp3) is 0.227. The third kappa shape index (κ3) is 3.52. The molecule has 0 radical (unpaired) electrons. The molecule has 0 spiro atoms. The van der Waals surface area contributed by atoms with Crippen molar-refractivity contribution in [2.75, 3.05) is 17.3 Å². The van der Waals surface area contributed by atoms with E-state index in [1.807, 2.05) is 47.4 Å².